The first kappa shape index (κ1) is 13.5. The van der Waals surface area contributed by atoms with Crippen molar-refractivity contribution in [2.45, 2.75) is 10.9 Å². The molecule has 1 aromatic carbocycles. The van der Waals surface area contributed by atoms with Gasteiger partial charge in [0.05, 0.1) is 11.4 Å². The van der Waals surface area contributed by atoms with Crippen molar-refractivity contribution in [3.63, 3.8) is 0 Å². The fraction of sp³-hybridized carbons (Fsp3) is 0.143. The molecule has 0 aliphatic heterocycles. The zero-order valence-electron chi connectivity index (χ0n) is 11.7. The molecule has 0 unspecified atom stereocenters. The van der Waals surface area contributed by atoms with Gasteiger partial charge in [-0.25, -0.2) is 9.67 Å². The van der Waals surface area contributed by atoms with E-state index in [9.17, 15) is 0 Å². The quantitative estimate of drug-likeness (QED) is 0.539. The molecule has 0 atom stereocenters. The van der Waals surface area contributed by atoms with Crippen molar-refractivity contribution < 1.29 is 0 Å². The number of aryl methyl sites for hydroxylation is 1. The molecule has 0 amide bonds. The molecule has 0 saturated heterocycles. The summed E-state index contributed by atoms with van der Waals surface area (Å²) in [4.78, 5) is 5.78. The molecule has 4 rings (SSSR count). The summed E-state index contributed by atoms with van der Waals surface area (Å²) < 4.78 is 3.82. The summed E-state index contributed by atoms with van der Waals surface area (Å²) in [5.41, 5.74) is 3.32. The molecule has 0 fully saturated rings. The van der Waals surface area contributed by atoms with E-state index >= 15 is 0 Å². The van der Waals surface area contributed by atoms with Gasteiger partial charge in [0.1, 0.15) is 0 Å². The standard InChI is InChI=1S/C14H12N6S2/c1-19-14(16-17-18-19)22-9-11-12(10-5-3-2-4-6-10)15-13-20(11)7-8-21-13/h2-8H,9H2,1H3. The second-order valence-corrected chi connectivity index (χ2v) is 6.52. The second kappa shape index (κ2) is 5.54. The highest BCUT2D eigenvalue weighted by atomic mass is 32.2. The smallest absolute Gasteiger partial charge is 0.209 e. The molecule has 0 saturated carbocycles. The van der Waals surface area contributed by atoms with Gasteiger partial charge in [-0.3, -0.25) is 4.40 Å². The number of rotatable bonds is 4. The number of tetrazole rings is 1. The highest BCUT2D eigenvalue weighted by molar-refractivity contribution is 7.98. The lowest BCUT2D eigenvalue weighted by Crippen LogP contribution is -1.95. The van der Waals surface area contributed by atoms with Crippen LogP contribution in [0.1, 0.15) is 5.69 Å². The van der Waals surface area contributed by atoms with Crippen molar-refractivity contribution in [3.8, 4) is 11.3 Å². The molecule has 0 bridgehead atoms. The lowest BCUT2D eigenvalue weighted by Gasteiger charge is -2.03. The van der Waals surface area contributed by atoms with Gasteiger partial charge in [0.15, 0.2) is 4.96 Å². The number of thiazole rings is 1. The van der Waals surface area contributed by atoms with E-state index in [4.69, 9.17) is 4.98 Å². The van der Waals surface area contributed by atoms with E-state index in [0.717, 1.165) is 32.8 Å². The maximum absolute atomic E-state index is 4.77. The van der Waals surface area contributed by atoms with Gasteiger partial charge in [-0.15, -0.1) is 16.4 Å². The van der Waals surface area contributed by atoms with Crippen LogP contribution in [0.5, 0.6) is 0 Å². The van der Waals surface area contributed by atoms with Crippen LogP contribution in [-0.4, -0.2) is 29.6 Å². The van der Waals surface area contributed by atoms with Crippen LogP contribution in [0.2, 0.25) is 0 Å². The summed E-state index contributed by atoms with van der Waals surface area (Å²) >= 11 is 3.25. The first-order chi connectivity index (χ1) is 10.8. The van der Waals surface area contributed by atoms with E-state index in [1.165, 1.54) is 0 Å². The van der Waals surface area contributed by atoms with Crippen LogP contribution in [0.15, 0.2) is 47.1 Å². The van der Waals surface area contributed by atoms with Crippen molar-refractivity contribution in [3.05, 3.63) is 47.6 Å². The second-order valence-electron chi connectivity index (χ2n) is 4.70. The summed E-state index contributed by atoms with van der Waals surface area (Å²) in [6.07, 6.45) is 2.06. The predicted octanol–water partition coefficient (Wildman–Crippen LogP) is 2.88. The van der Waals surface area contributed by atoms with E-state index in [1.807, 2.05) is 25.2 Å². The summed E-state index contributed by atoms with van der Waals surface area (Å²) in [5.74, 6) is 0.760. The number of imidazole rings is 1. The average Bonchev–Trinajstić information content (AvgIpc) is 3.22. The molecule has 0 aliphatic carbocycles. The lowest BCUT2D eigenvalue weighted by atomic mass is 10.1. The Balaban J connectivity index is 1.75. The summed E-state index contributed by atoms with van der Waals surface area (Å²) in [7, 11) is 1.84. The van der Waals surface area contributed by atoms with Crippen molar-refractivity contribution in [1.82, 2.24) is 29.6 Å². The highest BCUT2D eigenvalue weighted by Crippen LogP contribution is 2.30. The Kier molecular flexibility index (Phi) is 3.39. The SMILES string of the molecule is Cn1nnnc1SCc1c(-c2ccccc2)nc2sccn12. The third-order valence-electron chi connectivity index (χ3n) is 3.33. The van der Waals surface area contributed by atoms with Gasteiger partial charge in [-0.05, 0) is 10.4 Å². The monoisotopic (exact) mass is 328 g/mol. The van der Waals surface area contributed by atoms with Gasteiger partial charge in [0.25, 0.3) is 0 Å². The Morgan fingerprint density at radius 2 is 2.09 bits per heavy atom. The summed E-state index contributed by atoms with van der Waals surface area (Å²) in [5, 5.41) is 14.4. The Bertz CT molecular complexity index is 908. The van der Waals surface area contributed by atoms with Gasteiger partial charge in [-0.2, -0.15) is 0 Å². The predicted molar refractivity (Wildman–Crippen MR) is 86.9 cm³/mol. The van der Waals surface area contributed by atoms with Crippen LogP contribution >= 0.6 is 23.1 Å². The minimum atomic E-state index is 0.760. The molecular formula is C14H12N6S2. The zero-order chi connectivity index (χ0) is 14.9. The van der Waals surface area contributed by atoms with E-state index < -0.39 is 0 Å². The summed E-state index contributed by atoms with van der Waals surface area (Å²) in [6, 6.07) is 10.3. The Morgan fingerprint density at radius 3 is 2.86 bits per heavy atom. The van der Waals surface area contributed by atoms with E-state index in [2.05, 4.69) is 43.6 Å². The Morgan fingerprint density at radius 1 is 1.23 bits per heavy atom. The van der Waals surface area contributed by atoms with E-state index in [1.54, 1.807) is 27.8 Å². The minimum Gasteiger partial charge on any atom is -0.293 e. The lowest BCUT2D eigenvalue weighted by molar-refractivity contribution is 0.664. The van der Waals surface area contributed by atoms with Crippen LogP contribution in [0.25, 0.3) is 16.2 Å². The van der Waals surface area contributed by atoms with Gasteiger partial charge in [0, 0.05) is 29.9 Å². The molecule has 0 radical (unpaired) electrons. The molecule has 110 valence electrons. The first-order valence-corrected chi connectivity index (χ1v) is 8.54. The minimum absolute atomic E-state index is 0.760. The van der Waals surface area contributed by atoms with Crippen LogP contribution < -0.4 is 0 Å². The molecule has 0 spiro atoms. The Hall–Kier alpha value is -2.19. The Labute approximate surface area is 134 Å². The third-order valence-corrected chi connectivity index (χ3v) is 5.11. The largest absolute Gasteiger partial charge is 0.293 e. The van der Waals surface area contributed by atoms with Crippen LogP contribution in [0.4, 0.5) is 0 Å². The molecule has 0 aliphatic rings. The summed E-state index contributed by atoms with van der Waals surface area (Å²) in [6.45, 7) is 0. The van der Waals surface area contributed by atoms with E-state index in [0.29, 0.717) is 0 Å². The highest BCUT2D eigenvalue weighted by Gasteiger charge is 2.16. The normalized spacial score (nSPS) is 11.3. The maximum Gasteiger partial charge on any atom is 0.209 e. The molecule has 4 aromatic rings. The number of benzene rings is 1. The molecule has 8 heteroatoms. The number of aromatic nitrogens is 6. The van der Waals surface area contributed by atoms with Crippen LogP contribution in [0.3, 0.4) is 0 Å². The number of hydrogen-bond acceptors (Lipinski definition) is 6. The number of hydrogen-bond donors (Lipinski definition) is 0. The molecular weight excluding hydrogens is 316 g/mol. The van der Waals surface area contributed by atoms with E-state index in [-0.39, 0.29) is 0 Å². The number of nitrogens with zero attached hydrogens (tertiary/aromatic N) is 6. The number of thioether (sulfide) groups is 1. The van der Waals surface area contributed by atoms with Gasteiger partial charge >= 0.3 is 0 Å². The van der Waals surface area contributed by atoms with Crippen molar-refractivity contribution >= 4 is 28.1 Å². The van der Waals surface area contributed by atoms with Crippen LogP contribution in [-0.2, 0) is 12.8 Å². The third kappa shape index (κ3) is 2.30. The fourth-order valence-electron chi connectivity index (χ4n) is 2.27. The molecule has 3 heterocycles. The fourth-order valence-corrected chi connectivity index (χ4v) is 3.87. The van der Waals surface area contributed by atoms with Crippen molar-refractivity contribution in [2.75, 3.05) is 0 Å². The van der Waals surface area contributed by atoms with Crippen molar-refractivity contribution in [2.24, 2.45) is 7.05 Å². The molecule has 6 nitrogen and oxygen atoms in total. The molecule has 3 aromatic heterocycles. The zero-order valence-corrected chi connectivity index (χ0v) is 13.4. The molecule has 22 heavy (non-hydrogen) atoms. The van der Waals surface area contributed by atoms with Gasteiger partial charge in [0.2, 0.25) is 5.16 Å². The number of fused-ring (bicyclic) bond motifs is 1. The van der Waals surface area contributed by atoms with Crippen molar-refractivity contribution in [1.29, 1.82) is 0 Å². The molecule has 0 N–H and O–H groups in total. The van der Waals surface area contributed by atoms with Gasteiger partial charge < -0.3 is 0 Å². The van der Waals surface area contributed by atoms with Crippen LogP contribution in [0, 0.1) is 0 Å². The topological polar surface area (TPSA) is 60.9 Å². The first-order valence-electron chi connectivity index (χ1n) is 6.68. The average molecular weight is 328 g/mol. The maximum atomic E-state index is 4.77. The van der Waals surface area contributed by atoms with Gasteiger partial charge in [-0.1, -0.05) is 42.1 Å².